The average Bonchev–Trinajstić information content (AvgIpc) is 3.05. The number of carbonyl (C=O) groups is 1. The van der Waals surface area contributed by atoms with E-state index in [1.54, 1.807) is 41.5 Å². The molecule has 0 aromatic rings. The van der Waals surface area contributed by atoms with Crippen molar-refractivity contribution in [3.05, 3.63) is 0 Å². The summed E-state index contributed by atoms with van der Waals surface area (Å²) >= 11 is 0. The number of phosphoric acid groups is 1. The summed E-state index contributed by atoms with van der Waals surface area (Å²) in [6.45, 7) is 10.1. The van der Waals surface area contributed by atoms with E-state index in [4.69, 9.17) is 33.7 Å². The third-order valence-electron chi connectivity index (χ3n) is 4.76. The molecule has 0 aromatic carbocycles. The molecular weight excluding hydrogens is 421 g/mol. The highest BCUT2D eigenvalue weighted by atomic mass is 31.2. The van der Waals surface area contributed by atoms with E-state index in [0.717, 1.165) is 0 Å². The summed E-state index contributed by atoms with van der Waals surface area (Å²) in [5.41, 5.74) is 5.98. The van der Waals surface area contributed by atoms with Gasteiger partial charge in [0, 0.05) is 6.42 Å². The predicted molar refractivity (Wildman–Crippen MR) is 104 cm³/mol. The van der Waals surface area contributed by atoms with Crippen LogP contribution in [0.1, 0.15) is 48.0 Å². The lowest BCUT2D eigenvalue weighted by atomic mass is 10.0. The van der Waals surface area contributed by atoms with Crippen LogP contribution >= 0.6 is 7.82 Å². The van der Waals surface area contributed by atoms with Gasteiger partial charge in [-0.3, -0.25) is 9.42 Å². The second-order valence-corrected chi connectivity index (χ2v) is 9.67. The van der Waals surface area contributed by atoms with E-state index in [-0.39, 0.29) is 24.9 Å². The largest absolute Gasteiger partial charge is 0.530 e. The second kappa shape index (κ2) is 9.89. The van der Waals surface area contributed by atoms with Crippen LogP contribution in [0.5, 0.6) is 0 Å². The fourth-order valence-electron chi connectivity index (χ4n) is 3.43. The van der Waals surface area contributed by atoms with Gasteiger partial charge in [0.05, 0.1) is 36.6 Å². The number of hydrogen-bond acceptors (Lipinski definition) is 10. The molecule has 2 fully saturated rings. The van der Waals surface area contributed by atoms with Crippen LogP contribution in [0.15, 0.2) is 0 Å². The van der Waals surface area contributed by atoms with Crippen LogP contribution < -0.4 is 5.73 Å². The van der Waals surface area contributed by atoms with Gasteiger partial charge in [0.25, 0.3) is 0 Å². The van der Waals surface area contributed by atoms with Gasteiger partial charge in [0.1, 0.15) is 12.7 Å². The third-order valence-corrected chi connectivity index (χ3v) is 5.67. The lowest BCUT2D eigenvalue weighted by molar-refractivity contribution is -0.252. The molecule has 8 atom stereocenters. The van der Waals surface area contributed by atoms with Gasteiger partial charge in [0.2, 0.25) is 5.79 Å². The highest BCUT2D eigenvalue weighted by Gasteiger charge is 2.56. The number of hydrogen-bond donors (Lipinski definition) is 3. The van der Waals surface area contributed by atoms with E-state index in [0.29, 0.717) is 6.42 Å². The number of phosphoric ester groups is 1. The fraction of sp³-hybridized carbons (Fsp3) is 0.944. The zero-order chi connectivity index (χ0) is 22.9. The van der Waals surface area contributed by atoms with Crippen LogP contribution in [0, 0.1) is 0 Å². The quantitative estimate of drug-likeness (QED) is 0.423. The first-order valence-corrected chi connectivity index (χ1v) is 11.6. The summed E-state index contributed by atoms with van der Waals surface area (Å²) in [4.78, 5) is 22.7. The molecule has 0 aliphatic carbocycles. The monoisotopic (exact) mass is 455 g/mol. The van der Waals surface area contributed by atoms with Crippen LogP contribution in [0.25, 0.3) is 0 Å². The first-order chi connectivity index (χ1) is 13.7. The summed E-state index contributed by atoms with van der Waals surface area (Å²) in [5.74, 6) is -3.19. The molecule has 12 heteroatoms. The molecule has 2 aliphatic rings. The fourth-order valence-corrected chi connectivity index (χ4v) is 4.39. The minimum atomic E-state index is -4.98. The topological polar surface area (TPSA) is 156 Å². The standard InChI is InChI=1S/C18H34NO10P/c1-9(2)24-8-18(21)16(14(19)12(6)27-18)28-30(22,23)29-17(20)15-13(25-10(3)4)7-11(5)26-15/h9-16,21H,7-8,19H2,1-6H3,(H,22,23)/t11-,12-,13+,14?,15-,16+,18+/m0/s1. The van der Waals surface area contributed by atoms with Crippen molar-refractivity contribution in [3.63, 3.8) is 0 Å². The minimum Gasteiger partial charge on any atom is -0.373 e. The summed E-state index contributed by atoms with van der Waals surface area (Å²) in [7, 11) is -4.98. The molecule has 0 bridgehead atoms. The Labute approximate surface area is 176 Å². The Hall–Kier alpha value is -0.620. The lowest BCUT2D eigenvalue weighted by Crippen LogP contribution is -2.51. The highest BCUT2D eigenvalue weighted by molar-refractivity contribution is 7.48. The normalized spacial score (nSPS) is 38.9. The second-order valence-electron chi connectivity index (χ2n) is 8.34. The number of aliphatic hydroxyl groups is 1. The molecule has 2 saturated heterocycles. The van der Waals surface area contributed by atoms with Crippen molar-refractivity contribution in [3.8, 4) is 0 Å². The van der Waals surface area contributed by atoms with E-state index < -0.39 is 50.0 Å². The molecule has 30 heavy (non-hydrogen) atoms. The summed E-state index contributed by atoms with van der Waals surface area (Å²) < 4.78 is 44.3. The SMILES string of the molecule is CC(C)OC[C@@]1(O)O[C@@H](C)C(N)[C@H]1OP(=O)(O)OC(=O)[C@H]1O[C@@H](C)C[C@H]1OC(C)C. The summed E-state index contributed by atoms with van der Waals surface area (Å²) in [6.07, 6.45) is -4.26. The number of carbonyl (C=O) groups excluding carboxylic acids is 1. The average molecular weight is 455 g/mol. The molecule has 0 amide bonds. The van der Waals surface area contributed by atoms with Crippen LogP contribution in [-0.4, -0.2) is 77.1 Å². The first-order valence-electron chi connectivity index (χ1n) is 10.1. The molecule has 0 aromatic heterocycles. The molecule has 0 spiro atoms. The molecule has 0 saturated carbocycles. The molecule has 2 heterocycles. The van der Waals surface area contributed by atoms with E-state index in [2.05, 4.69) is 0 Å². The van der Waals surface area contributed by atoms with Gasteiger partial charge < -0.3 is 34.3 Å². The minimum absolute atomic E-state index is 0.178. The molecule has 176 valence electrons. The van der Waals surface area contributed by atoms with Gasteiger partial charge in [-0.2, -0.15) is 0 Å². The first kappa shape index (κ1) is 25.6. The lowest BCUT2D eigenvalue weighted by Gasteiger charge is -2.31. The summed E-state index contributed by atoms with van der Waals surface area (Å²) in [5, 5.41) is 10.8. The Bertz CT molecular complexity index is 646. The van der Waals surface area contributed by atoms with E-state index in [1.165, 1.54) is 0 Å². The predicted octanol–water partition coefficient (Wildman–Crippen LogP) is 0.846. The van der Waals surface area contributed by atoms with E-state index in [1.807, 2.05) is 0 Å². The van der Waals surface area contributed by atoms with Gasteiger partial charge in [-0.25, -0.2) is 9.36 Å². The van der Waals surface area contributed by atoms with Crippen molar-refractivity contribution in [2.45, 2.75) is 103 Å². The highest BCUT2D eigenvalue weighted by Crippen LogP contribution is 2.49. The Morgan fingerprint density at radius 3 is 2.47 bits per heavy atom. The number of nitrogens with two attached hydrogens (primary N) is 1. The molecule has 0 radical (unpaired) electrons. The maximum atomic E-state index is 12.6. The van der Waals surface area contributed by atoms with Gasteiger partial charge in [-0.1, -0.05) is 0 Å². The van der Waals surface area contributed by atoms with Crippen LogP contribution in [0.4, 0.5) is 0 Å². The maximum Gasteiger partial charge on any atom is 0.530 e. The van der Waals surface area contributed by atoms with Gasteiger partial charge in [-0.05, 0) is 41.5 Å². The Morgan fingerprint density at radius 1 is 1.27 bits per heavy atom. The summed E-state index contributed by atoms with van der Waals surface area (Å²) in [6, 6.07) is -0.968. The van der Waals surface area contributed by atoms with Crippen LogP contribution in [0.3, 0.4) is 0 Å². The van der Waals surface area contributed by atoms with E-state index >= 15 is 0 Å². The van der Waals surface area contributed by atoms with E-state index in [9.17, 15) is 19.4 Å². The van der Waals surface area contributed by atoms with Gasteiger partial charge >= 0.3 is 13.8 Å². The molecule has 4 N–H and O–H groups in total. The smallest absolute Gasteiger partial charge is 0.373 e. The van der Waals surface area contributed by atoms with Crippen LogP contribution in [0.2, 0.25) is 0 Å². The van der Waals surface area contributed by atoms with Gasteiger partial charge in [-0.15, -0.1) is 0 Å². The van der Waals surface area contributed by atoms with Crippen LogP contribution in [-0.2, 0) is 37.4 Å². The van der Waals surface area contributed by atoms with Crippen molar-refractivity contribution >= 4 is 13.8 Å². The molecule has 2 aliphatic heterocycles. The zero-order valence-electron chi connectivity index (χ0n) is 18.2. The Kier molecular flexibility index (Phi) is 8.45. The van der Waals surface area contributed by atoms with Crippen molar-refractivity contribution in [1.82, 2.24) is 0 Å². The third kappa shape index (κ3) is 6.44. The van der Waals surface area contributed by atoms with Crippen molar-refractivity contribution in [2.24, 2.45) is 5.73 Å². The molecular formula is C18H34NO10P. The number of rotatable bonds is 9. The molecule has 11 nitrogen and oxygen atoms in total. The van der Waals surface area contributed by atoms with Gasteiger partial charge in [0.15, 0.2) is 6.10 Å². The maximum absolute atomic E-state index is 12.6. The van der Waals surface area contributed by atoms with Crippen molar-refractivity contribution in [2.75, 3.05) is 6.61 Å². The Balaban J connectivity index is 2.08. The Morgan fingerprint density at radius 2 is 1.90 bits per heavy atom. The molecule has 2 rings (SSSR count). The molecule has 2 unspecified atom stereocenters. The number of ether oxygens (including phenoxy) is 4. The zero-order valence-corrected chi connectivity index (χ0v) is 19.1. The van der Waals surface area contributed by atoms with Crippen molar-refractivity contribution < 1.29 is 47.4 Å². The van der Waals surface area contributed by atoms with Crippen molar-refractivity contribution in [1.29, 1.82) is 0 Å².